The monoisotopic (exact) mass is 457 g/mol. The summed E-state index contributed by atoms with van der Waals surface area (Å²) in [5.74, 6) is -1.79. The molecule has 0 unspecified atom stereocenters. The van der Waals surface area contributed by atoms with Crippen molar-refractivity contribution in [1.29, 1.82) is 0 Å². The SMILES string of the molecule is NS(=O)(=O)c1ccc(Br)c(C(=O)OCC(=O)Nc2ccccc2[N+](=O)[O-])c1. The number of anilines is 1. The van der Waals surface area contributed by atoms with Crippen LogP contribution in [-0.2, 0) is 19.6 Å². The van der Waals surface area contributed by atoms with E-state index in [4.69, 9.17) is 9.88 Å². The van der Waals surface area contributed by atoms with Crippen molar-refractivity contribution in [3.05, 3.63) is 62.6 Å². The van der Waals surface area contributed by atoms with Crippen LogP contribution in [0.4, 0.5) is 11.4 Å². The van der Waals surface area contributed by atoms with Gasteiger partial charge in [0, 0.05) is 10.5 Å². The average Bonchev–Trinajstić information content (AvgIpc) is 2.59. The second kappa shape index (κ2) is 8.24. The minimum absolute atomic E-state index is 0.0547. The van der Waals surface area contributed by atoms with Crippen LogP contribution in [0.5, 0.6) is 0 Å². The number of nitrogens with zero attached hydrogens (tertiary/aromatic N) is 1. The Morgan fingerprint density at radius 3 is 2.52 bits per heavy atom. The van der Waals surface area contributed by atoms with E-state index in [2.05, 4.69) is 21.2 Å². The van der Waals surface area contributed by atoms with E-state index < -0.39 is 33.4 Å². The first-order chi connectivity index (χ1) is 12.6. The molecule has 0 saturated carbocycles. The van der Waals surface area contributed by atoms with E-state index in [9.17, 15) is 28.1 Å². The molecule has 0 spiro atoms. The normalized spacial score (nSPS) is 10.9. The van der Waals surface area contributed by atoms with Crippen LogP contribution < -0.4 is 10.5 Å². The zero-order valence-electron chi connectivity index (χ0n) is 13.4. The molecular weight excluding hydrogens is 446 g/mol. The number of ether oxygens (including phenoxy) is 1. The first kappa shape index (κ1) is 20.5. The van der Waals surface area contributed by atoms with Crippen molar-refractivity contribution in [1.82, 2.24) is 0 Å². The number of esters is 1. The molecule has 3 N–H and O–H groups in total. The summed E-state index contributed by atoms with van der Waals surface area (Å²) >= 11 is 3.07. The molecule has 27 heavy (non-hydrogen) atoms. The van der Waals surface area contributed by atoms with E-state index in [1.165, 1.54) is 36.4 Å². The van der Waals surface area contributed by atoms with E-state index >= 15 is 0 Å². The van der Waals surface area contributed by atoms with Gasteiger partial charge < -0.3 is 10.1 Å². The number of para-hydroxylation sites is 2. The number of rotatable bonds is 6. The molecule has 0 aliphatic heterocycles. The highest BCUT2D eigenvalue weighted by Gasteiger charge is 2.19. The van der Waals surface area contributed by atoms with Crippen LogP contribution in [0.1, 0.15) is 10.4 Å². The molecular formula is C15H12BrN3O7S. The maximum atomic E-state index is 12.1. The maximum absolute atomic E-state index is 12.1. The first-order valence-corrected chi connectivity index (χ1v) is 9.46. The van der Waals surface area contributed by atoms with Crippen LogP contribution in [0.25, 0.3) is 0 Å². The van der Waals surface area contributed by atoms with Crippen molar-refractivity contribution in [3.63, 3.8) is 0 Å². The van der Waals surface area contributed by atoms with Crippen molar-refractivity contribution in [2.45, 2.75) is 4.90 Å². The maximum Gasteiger partial charge on any atom is 0.339 e. The highest BCUT2D eigenvalue weighted by atomic mass is 79.9. The minimum Gasteiger partial charge on any atom is -0.452 e. The number of hydrogen-bond donors (Lipinski definition) is 2. The molecule has 10 nitrogen and oxygen atoms in total. The molecule has 0 fully saturated rings. The summed E-state index contributed by atoms with van der Waals surface area (Å²) in [6.07, 6.45) is 0. The number of primary sulfonamides is 1. The molecule has 0 radical (unpaired) electrons. The molecule has 142 valence electrons. The number of nitro groups is 1. The quantitative estimate of drug-likeness (QED) is 0.379. The van der Waals surface area contributed by atoms with Crippen LogP contribution >= 0.6 is 15.9 Å². The molecule has 0 bridgehead atoms. The van der Waals surface area contributed by atoms with Crippen LogP contribution in [-0.4, -0.2) is 31.8 Å². The fraction of sp³-hybridized carbons (Fsp3) is 0.0667. The molecule has 1 amide bonds. The van der Waals surface area contributed by atoms with E-state index in [-0.39, 0.29) is 26.3 Å². The number of halogens is 1. The fourth-order valence-electron chi connectivity index (χ4n) is 1.97. The van der Waals surface area contributed by atoms with Gasteiger partial charge in [-0.2, -0.15) is 0 Å². The molecule has 0 aromatic heterocycles. The molecule has 0 heterocycles. The Labute approximate surface area is 161 Å². The van der Waals surface area contributed by atoms with Gasteiger partial charge in [0.05, 0.1) is 15.4 Å². The Hall–Kier alpha value is -2.83. The van der Waals surface area contributed by atoms with Gasteiger partial charge in [-0.1, -0.05) is 12.1 Å². The molecule has 0 aliphatic carbocycles. The van der Waals surface area contributed by atoms with Crippen LogP contribution in [0.2, 0.25) is 0 Å². The minimum atomic E-state index is -4.03. The van der Waals surface area contributed by atoms with Gasteiger partial charge in [-0.3, -0.25) is 14.9 Å². The van der Waals surface area contributed by atoms with Gasteiger partial charge in [0.1, 0.15) is 5.69 Å². The molecule has 0 aliphatic rings. The largest absolute Gasteiger partial charge is 0.452 e. The predicted octanol–water partition coefficient (Wildman–Crippen LogP) is 1.80. The van der Waals surface area contributed by atoms with Gasteiger partial charge in [-0.05, 0) is 40.2 Å². The summed E-state index contributed by atoms with van der Waals surface area (Å²) in [5.41, 5.74) is -0.526. The lowest BCUT2D eigenvalue weighted by molar-refractivity contribution is -0.383. The van der Waals surface area contributed by atoms with Crippen molar-refractivity contribution in [3.8, 4) is 0 Å². The van der Waals surface area contributed by atoms with Crippen molar-refractivity contribution < 1.29 is 27.7 Å². The summed E-state index contributed by atoms with van der Waals surface area (Å²) in [7, 11) is -4.03. The van der Waals surface area contributed by atoms with Crippen LogP contribution in [0.3, 0.4) is 0 Å². The molecule has 2 rings (SSSR count). The summed E-state index contributed by atoms with van der Waals surface area (Å²) in [6, 6.07) is 8.94. The highest BCUT2D eigenvalue weighted by Crippen LogP contribution is 2.23. The number of nitrogens with two attached hydrogens (primary N) is 1. The zero-order valence-corrected chi connectivity index (χ0v) is 15.8. The summed E-state index contributed by atoms with van der Waals surface area (Å²) in [6.45, 7) is -0.739. The van der Waals surface area contributed by atoms with Crippen molar-refractivity contribution in [2.75, 3.05) is 11.9 Å². The third-order valence-electron chi connectivity index (χ3n) is 3.20. The lowest BCUT2D eigenvalue weighted by atomic mass is 10.2. The molecule has 2 aromatic rings. The van der Waals surface area contributed by atoms with Gasteiger partial charge >= 0.3 is 5.97 Å². The smallest absolute Gasteiger partial charge is 0.339 e. The zero-order chi connectivity index (χ0) is 20.2. The topological polar surface area (TPSA) is 159 Å². The number of carbonyl (C=O) groups excluding carboxylic acids is 2. The van der Waals surface area contributed by atoms with E-state index in [1.807, 2.05) is 0 Å². The van der Waals surface area contributed by atoms with E-state index in [0.717, 1.165) is 6.07 Å². The van der Waals surface area contributed by atoms with E-state index in [1.54, 1.807) is 0 Å². The second-order valence-electron chi connectivity index (χ2n) is 5.09. The van der Waals surface area contributed by atoms with Crippen LogP contribution in [0.15, 0.2) is 51.8 Å². The Morgan fingerprint density at radius 1 is 1.22 bits per heavy atom. The standard InChI is InChI=1S/C15H12BrN3O7S/c16-11-6-5-9(27(17,24)25)7-10(11)15(21)26-8-14(20)18-12-3-1-2-4-13(12)19(22)23/h1-7H,8H2,(H,18,20)(H2,17,24,25). The number of amides is 1. The number of sulfonamides is 1. The number of benzene rings is 2. The highest BCUT2D eigenvalue weighted by molar-refractivity contribution is 9.10. The second-order valence-corrected chi connectivity index (χ2v) is 7.50. The summed E-state index contributed by atoms with van der Waals surface area (Å²) < 4.78 is 27.8. The average molecular weight is 458 g/mol. The molecule has 0 atom stereocenters. The third kappa shape index (κ3) is 5.32. The summed E-state index contributed by atoms with van der Waals surface area (Å²) in [5, 5.41) is 18.2. The Balaban J connectivity index is 2.08. The lowest BCUT2D eigenvalue weighted by Gasteiger charge is -2.09. The molecule has 12 heteroatoms. The van der Waals surface area contributed by atoms with Crippen LogP contribution in [0, 0.1) is 10.1 Å². The Bertz CT molecular complexity index is 1020. The van der Waals surface area contributed by atoms with E-state index in [0.29, 0.717) is 0 Å². The first-order valence-electron chi connectivity index (χ1n) is 7.12. The predicted molar refractivity (Wildman–Crippen MR) is 97.5 cm³/mol. The summed E-state index contributed by atoms with van der Waals surface area (Å²) in [4.78, 5) is 33.9. The molecule has 0 saturated heterocycles. The van der Waals surface area contributed by atoms with Crippen molar-refractivity contribution in [2.24, 2.45) is 5.14 Å². The molecule has 2 aromatic carbocycles. The Morgan fingerprint density at radius 2 is 1.89 bits per heavy atom. The van der Waals surface area contributed by atoms with Gasteiger partial charge in [-0.25, -0.2) is 18.4 Å². The number of hydrogen-bond acceptors (Lipinski definition) is 7. The van der Waals surface area contributed by atoms with Gasteiger partial charge in [0.15, 0.2) is 6.61 Å². The van der Waals surface area contributed by atoms with Crippen molar-refractivity contribution >= 4 is 49.2 Å². The third-order valence-corrected chi connectivity index (χ3v) is 4.80. The Kier molecular flexibility index (Phi) is 6.25. The number of nitro benzene ring substituents is 1. The van der Waals surface area contributed by atoms with Gasteiger partial charge in [-0.15, -0.1) is 0 Å². The van der Waals surface area contributed by atoms with Gasteiger partial charge in [0.25, 0.3) is 11.6 Å². The van der Waals surface area contributed by atoms with Gasteiger partial charge in [0.2, 0.25) is 10.0 Å². The lowest BCUT2D eigenvalue weighted by Crippen LogP contribution is -2.22. The number of carbonyl (C=O) groups is 2. The fourth-order valence-corrected chi connectivity index (χ4v) is 2.92. The number of nitrogens with one attached hydrogen (secondary N) is 1.